The zero-order chi connectivity index (χ0) is 14.7. The summed E-state index contributed by atoms with van der Waals surface area (Å²) >= 11 is 1.93. The first kappa shape index (κ1) is 15.0. The predicted molar refractivity (Wildman–Crippen MR) is 93.0 cm³/mol. The SMILES string of the molecule is Cc1ccc(C(C)NC2=NCC3(CCCCC3)CS2)cc1. The molecule has 0 saturated heterocycles. The quantitative estimate of drug-likeness (QED) is 0.856. The summed E-state index contributed by atoms with van der Waals surface area (Å²) in [7, 11) is 0. The molecule has 1 spiro atoms. The molecule has 0 bridgehead atoms. The van der Waals surface area contributed by atoms with Crippen molar-refractivity contribution in [2.75, 3.05) is 12.3 Å². The van der Waals surface area contributed by atoms with Crippen LogP contribution >= 0.6 is 11.8 Å². The van der Waals surface area contributed by atoms with E-state index in [2.05, 4.69) is 43.4 Å². The smallest absolute Gasteiger partial charge is 0.157 e. The van der Waals surface area contributed by atoms with E-state index in [-0.39, 0.29) is 0 Å². The highest BCUT2D eigenvalue weighted by atomic mass is 32.2. The van der Waals surface area contributed by atoms with Crippen LogP contribution in [0.2, 0.25) is 0 Å². The third kappa shape index (κ3) is 3.63. The van der Waals surface area contributed by atoms with E-state index in [1.54, 1.807) is 0 Å². The molecule has 21 heavy (non-hydrogen) atoms. The summed E-state index contributed by atoms with van der Waals surface area (Å²) in [6, 6.07) is 9.12. The predicted octanol–water partition coefficient (Wildman–Crippen LogP) is 4.70. The van der Waals surface area contributed by atoms with Crippen LogP contribution in [0.5, 0.6) is 0 Å². The van der Waals surface area contributed by atoms with E-state index in [1.165, 1.54) is 49.0 Å². The third-order valence-corrected chi connectivity index (χ3v) is 6.18. The van der Waals surface area contributed by atoms with E-state index in [9.17, 15) is 0 Å². The number of hydrogen-bond acceptors (Lipinski definition) is 3. The molecule has 114 valence electrons. The first-order valence-electron chi connectivity index (χ1n) is 8.17. The molecule has 2 aliphatic rings. The third-order valence-electron chi connectivity index (χ3n) is 4.90. The van der Waals surface area contributed by atoms with Crippen molar-refractivity contribution in [2.45, 2.75) is 52.0 Å². The van der Waals surface area contributed by atoms with Gasteiger partial charge in [0.15, 0.2) is 5.17 Å². The fraction of sp³-hybridized carbons (Fsp3) is 0.611. The lowest BCUT2D eigenvalue weighted by Crippen LogP contribution is -2.37. The van der Waals surface area contributed by atoms with E-state index < -0.39 is 0 Å². The van der Waals surface area contributed by atoms with Crippen LogP contribution in [0.1, 0.15) is 56.2 Å². The molecular weight excluding hydrogens is 276 g/mol. The minimum absolute atomic E-state index is 0.331. The Morgan fingerprint density at radius 2 is 1.86 bits per heavy atom. The molecule has 1 aromatic rings. The fourth-order valence-electron chi connectivity index (χ4n) is 3.37. The maximum atomic E-state index is 4.86. The Morgan fingerprint density at radius 3 is 2.48 bits per heavy atom. The second kappa shape index (κ2) is 6.43. The monoisotopic (exact) mass is 302 g/mol. The highest BCUT2D eigenvalue weighted by Gasteiger charge is 2.35. The molecule has 0 aromatic heterocycles. The van der Waals surface area contributed by atoms with E-state index in [0.717, 1.165) is 11.7 Å². The Balaban J connectivity index is 1.59. The molecule has 1 fully saturated rings. The van der Waals surface area contributed by atoms with Crippen molar-refractivity contribution >= 4 is 16.9 Å². The number of aryl methyl sites for hydroxylation is 1. The summed E-state index contributed by atoms with van der Waals surface area (Å²) in [5.74, 6) is 1.25. The van der Waals surface area contributed by atoms with Gasteiger partial charge in [-0.25, -0.2) is 0 Å². The molecule has 1 heterocycles. The number of thioether (sulfide) groups is 1. The molecule has 3 heteroatoms. The Labute approximate surface area is 132 Å². The van der Waals surface area contributed by atoms with Gasteiger partial charge in [-0.2, -0.15) is 0 Å². The number of benzene rings is 1. The van der Waals surface area contributed by atoms with E-state index >= 15 is 0 Å². The summed E-state index contributed by atoms with van der Waals surface area (Å²) in [4.78, 5) is 4.86. The molecule has 1 N–H and O–H groups in total. The summed E-state index contributed by atoms with van der Waals surface area (Å²) in [6.07, 6.45) is 6.98. The van der Waals surface area contributed by atoms with Gasteiger partial charge >= 0.3 is 0 Å². The van der Waals surface area contributed by atoms with Gasteiger partial charge < -0.3 is 5.32 Å². The molecule has 0 radical (unpaired) electrons. The number of hydrogen-bond donors (Lipinski definition) is 1. The van der Waals surface area contributed by atoms with Crippen LogP contribution in [0.25, 0.3) is 0 Å². The molecule has 2 nitrogen and oxygen atoms in total. The lowest BCUT2D eigenvalue weighted by Gasteiger charge is -2.38. The largest absolute Gasteiger partial charge is 0.358 e. The summed E-state index contributed by atoms with van der Waals surface area (Å²) in [6.45, 7) is 5.38. The standard InChI is InChI=1S/C18H26N2S/c1-14-6-8-16(9-7-14)15(2)20-17-19-12-18(13-21-17)10-4-3-5-11-18/h6-9,15H,3-5,10-13H2,1-2H3,(H,19,20). The van der Waals surface area contributed by atoms with Gasteiger partial charge in [-0.15, -0.1) is 0 Å². The number of nitrogens with one attached hydrogen (secondary N) is 1. The zero-order valence-corrected chi connectivity index (χ0v) is 14.0. The second-order valence-electron chi connectivity index (χ2n) is 6.75. The van der Waals surface area contributed by atoms with E-state index in [0.29, 0.717) is 11.5 Å². The van der Waals surface area contributed by atoms with Gasteiger partial charge in [-0.05, 0) is 37.7 Å². The van der Waals surface area contributed by atoms with Crippen LogP contribution in [0.15, 0.2) is 29.3 Å². The van der Waals surface area contributed by atoms with Gasteiger partial charge in [0.2, 0.25) is 0 Å². The van der Waals surface area contributed by atoms with Gasteiger partial charge in [0, 0.05) is 12.3 Å². The van der Waals surface area contributed by atoms with Crippen molar-refractivity contribution in [1.82, 2.24) is 5.32 Å². The molecule has 3 rings (SSSR count). The fourth-order valence-corrected chi connectivity index (χ4v) is 4.61. The van der Waals surface area contributed by atoms with Gasteiger partial charge in [0.25, 0.3) is 0 Å². The molecule has 1 aromatic carbocycles. The van der Waals surface area contributed by atoms with Crippen molar-refractivity contribution in [3.8, 4) is 0 Å². The van der Waals surface area contributed by atoms with Crippen molar-refractivity contribution in [3.63, 3.8) is 0 Å². The van der Waals surface area contributed by atoms with Gasteiger partial charge in [0.05, 0.1) is 6.04 Å². The molecule has 0 amide bonds. The second-order valence-corrected chi connectivity index (χ2v) is 7.71. The number of amidine groups is 1. The highest BCUT2D eigenvalue weighted by molar-refractivity contribution is 8.13. The summed E-state index contributed by atoms with van der Waals surface area (Å²) < 4.78 is 0. The normalized spacial score (nSPS) is 22.7. The number of aliphatic imine (C=N–C) groups is 1. The first-order chi connectivity index (χ1) is 10.2. The Bertz CT molecular complexity index is 500. The Kier molecular flexibility index (Phi) is 4.58. The first-order valence-corrected chi connectivity index (χ1v) is 9.16. The Hall–Kier alpha value is -0.960. The number of nitrogens with zero attached hydrogens (tertiary/aromatic N) is 1. The summed E-state index contributed by atoms with van der Waals surface area (Å²) in [5.41, 5.74) is 3.16. The average molecular weight is 302 g/mol. The van der Waals surface area contributed by atoms with Crippen LogP contribution in [-0.4, -0.2) is 17.5 Å². The van der Waals surface area contributed by atoms with Crippen LogP contribution in [0, 0.1) is 12.3 Å². The molecular formula is C18H26N2S. The molecule has 1 atom stereocenters. The van der Waals surface area contributed by atoms with E-state index in [1.807, 2.05) is 11.8 Å². The topological polar surface area (TPSA) is 24.4 Å². The van der Waals surface area contributed by atoms with Crippen LogP contribution in [0.3, 0.4) is 0 Å². The highest BCUT2D eigenvalue weighted by Crippen LogP contribution is 2.41. The van der Waals surface area contributed by atoms with Crippen molar-refractivity contribution < 1.29 is 0 Å². The van der Waals surface area contributed by atoms with Gasteiger partial charge in [-0.1, -0.05) is 60.9 Å². The van der Waals surface area contributed by atoms with E-state index in [4.69, 9.17) is 4.99 Å². The summed E-state index contributed by atoms with van der Waals surface area (Å²) in [5, 5.41) is 4.73. The van der Waals surface area contributed by atoms with Crippen molar-refractivity contribution in [1.29, 1.82) is 0 Å². The van der Waals surface area contributed by atoms with Crippen LogP contribution < -0.4 is 5.32 Å². The average Bonchev–Trinajstić information content (AvgIpc) is 2.51. The van der Waals surface area contributed by atoms with Crippen LogP contribution in [-0.2, 0) is 0 Å². The minimum atomic E-state index is 0.331. The zero-order valence-electron chi connectivity index (χ0n) is 13.2. The van der Waals surface area contributed by atoms with Crippen molar-refractivity contribution in [3.05, 3.63) is 35.4 Å². The Morgan fingerprint density at radius 1 is 1.14 bits per heavy atom. The molecule has 1 saturated carbocycles. The lowest BCUT2D eigenvalue weighted by molar-refractivity contribution is 0.232. The molecule has 1 unspecified atom stereocenters. The maximum Gasteiger partial charge on any atom is 0.157 e. The molecule has 1 aliphatic carbocycles. The number of rotatable bonds is 2. The van der Waals surface area contributed by atoms with Crippen molar-refractivity contribution in [2.24, 2.45) is 10.4 Å². The maximum absolute atomic E-state index is 4.86. The van der Waals surface area contributed by atoms with Gasteiger partial charge in [0.1, 0.15) is 0 Å². The molecule has 1 aliphatic heterocycles. The van der Waals surface area contributed by atoms with Crippen LogP contribution in [0.4, 0.5) is 0 Å². The minimum Gasteiger partial charge on any atom is -0.358 e. The lowest BCUT2D eigenvalue weighted by atomic mass is 9.75. The van der Waals surface area contributed by atoms with Gasteiger partial charge in [-0.3, -0.25) is 4.99 Å².